The number of methoxy groups -OCH3 is 1. The van der Waals surface area contributed by atoms with Crippen LogP contribution >= 0.6 is 0 Å². The molecule has 118 valence electrons. The summed E-state index contributed by atoms with van der Waals surface area (Å²) in [7, 11) is 1.60. The second-order valence-corrected chi connectivity index (χ2v) is 5.15. The van der Waals surface area contributed by atoms with Gasteiger partial charge >= 0.3 is 0 Å². The van der Waals surface area contributed by atoms with Crippen LogP contribution < -0.4 is 10.5 Å². The number of para-hydroxylation sites is 1. The van der Waals surface area contributed by atoms with E-state index in [1.54, 1.807) is 32.5 Å². The maximum absolute atomic E-state index is 9.44. The smallest absolute Gasteiger partial charge is 0.142 e. The van der Waals surface area contributed by atoms with Crippen LogP contribution in [0.1, 0.15) is 11.4 Å². The van der Waals surface area contributed by atoms with E-state index in [4.69, 9.17) is 10.5 Å². The first-order valence-electron chi connectivity index (χ1n) is 7.27. The summed E-state index contributed by atoms with van der Waals surface area (Å²) in [5.74, 6) is 1.50. The molecule has 0 aliphatic carbocycles. The molecule has 24 heavy (non-hydrogen) atoms. The van der Waals surface area contributed by atoms with E-state index < -0.39 is 0 Å². The third kappa shape index (κ3) is 2.75. The topological polar surface area (TPSA) is 97.7 Å². The van der Waals surface area contributed by atoms with E-state index in [1.807, 2.05) is 24.3 Å². The highest BCUT2D eigenvalue weighted by molar-refractivity contribution is 5.81. The number of rotatable bonds is 3. The summed E-state index contributed by atoms with van der Waals surface area (Å²) in [5, 5.41) is 9.44. The largest absolute Gasteiger partial charge is 0.496 e. The molecule has 0 saturated heterocycles. The summed E-state index contributed by atoms with van der Waals surface area (Å²) in [6.07, 6.45) is 3.34. The second-order valence-electron chi connectivity index (χ2n) is 5.15. The average molecular weight is 317 g/mol. The van der Waals surface area contributed by atoms with Gasteiger partial charge in [0.15, 0.2) is 0 Å². The lowest BCUT2D eigenvalue weighted by molar-refractivity contribution is 0.416. The number of nitrogens with two attached hydrogens (primary N) is 1. The zero-order chi connectivity index (χ0) is 17.1. The van der Waals surface area contributed by atoms with Crippen LogP contribution in [0.5, 0.6) is 5.75 Å². The molecular formula is C18H15N5O. The first kappa shape index (κ1) is 15.4. The Morgan fingerprint density at radius 1 is 1.12 bits per heavy atom. The second kappa shape index (κ2) is 6.34. The standard InChI is InChI=1S/C18H15N5O/c1-11-21-9-12(10-22-11)14-7-16(23-18(20)15(14)8-19)13-5-3-4-6-17(13)24-2/h3-7,9-10H,1-2H3,(H2,20,23). The molecule has 2 heterocycles. The number of anilines is 1. The highest BCUT2D eigenvalue weighted by Gasteiger charge is 2.15. The highest BCUT2D eigenvalue weighted by Crippen LogP contribution is 2.34. The van der Waals surface area contributed by atoms with Crippen LogP contribution in [0.3, 0.4) is 0 Å². The molecule has 3 aromatic rings. The Morgan fingerprint density at radius 2 is 1.83 bits per heavy atom. The number of hydrogen-bond acceptors (Lipinski definition) is 6. The minimum Gasteiger partial charge on any atom is -0.496 e. The molecule has 0 fully saturated rings. The number of aryl methyl sites for hydroxylation is 1. The van der Waals surface area contributed by atoms with Gasteiger partial charge in [-0.15, -0.1) is 0 Å². The van der Waals surface area contributed by atoms with Gasteiger partial charge < -0.3 is 10.5 Å². The Balaban J connectivity index is 2.24. The van der Waals surface area contributed by atoms with Crippen LogP contribution in [0.25, 0.3) is 22.4 Å². The van der Waals surface area contributed by atoms with Crippen molar-refractivity contribution in [2.75, 3.05) is 12.8 Å². The van der Waals surface area contributed by atoms with Crippen LogP contribution in [0.15, 0.2) is 42.7 Å². The van der Waals surface area contributed by atoms with Crippen LogP contribution in [-0.4, -0.2) is 22.1 Å². The number of aromatic nitrogens is 3. The minimum absolute atomic E-state index is 0.163. The van der Waals surface area contributed by atoms with Gasteiger partial charge in [0.25, 0.3) is 0 Å². The quantitative estimate of drug-likeness (QED) is 0.797. The zero-order valence-corrected chi connectivity index (χ0v) is 13.3. The molecule has 0 saturated carbocycles. The molecule has 0 aliphatic heterocycles. The van der Waals surface area contributed by atoms with E-state index >= 15 is 0 Å². The van der Waals surface area contributed by atoms with Crippen LogP contribution in [0, 0.1) is 18.3 Å². The fraction of sp³-hybridized carbons (Fsp3) is 0.111. The van der Waals surface area contributed by atoms with Gasteiger partial charge in [0.1, 0.15) is 29.0 Å². The molecule has 3 rings (SSSR count). The van der Waals surface area contributed by atoms with Gasteiger partial charge in [0, 0.05) is 29.1 Å². The first-order valence-corrected chi connectivity index (χ1v) is 7.27. The van der Waals surface area contributed by atoms with Crippen molar-refractivity contribution in [1.29, 1.82) is 5.26 Å². The number of nitrogens with zero attached hydrogens (tertiary/aromatic N) is 4. The molecule has 0 spiro atoms. The molecule has 0 bridgehead atoms. The van der Waals surface area contributed by atoms with Crippen molar-refractivity contribution < 1.29 is 4.74 Å². The lowest BCUT2D eigenvalue weighted by Gasteiger charge is -2.12. The van der Waals surface area contributed by atoms with E-state index in [0.717, 1.165) is 5.56 Å². The van der Waals surface area contributed by atoms with Crippen molar-refractivity contribution in [3.8, 4) is 34.2 Å². The molecule has 0 atom stereocenters. The van der Waals surface area contributed by atoms with Crippen molar-refractivity contribution in [3.63, 3.8) is 0 Å². The predicted octanol–water partition coefficient (Wildman–Crippen LogP) is 2.98. The van der Waals surface area contributed by atoms with Crippen molar-refractivity contribution >= 4 is 5.82 Å². The maximum atomic E-state index is 9.44. The number of nitriles is 1. The monoisotopic (exact) mass is 317 g/mol. The fourth-order valence-electron chi connectivity index (χ4n) is 2.44. The molecule has 2 aromatic heterocycles. The Bertz CT molecular complexity index is 929. The van der Waals surface area contributed by atoms with E-state index in [9.17, 15) is 5.26 Å². The third-order valence-corrected chi connectivity index (χ3v) is 3.63. The Hall–Kier alpha value is -3.46. The van der Waals surface area contributed by atoms with Crippen LogP contribution in [0.4, 0.5) is 5.82 Å². The average Bonchev–Trinajstić information content (AvgIpc) is 2.61. The molecular weight excluding hydrogens is 302 g/mol. The number of hydrogen-bond donors (Lipinski definition) is 1. The Kier molecular flexibility index (Phi) is 4.08. The third-order valence-electron chi connectivity index (χ3n) is 3.63. The van der Waals surface area contributed by atoms with Crippen molar-refractivity contribution in [1.82, 2.24) is 15.0 Å². The summed E-state index contributed by atoms with van der Waals surface area (Å²) in [6.45, 7) is 1.80. The number of nitrogen functional groups attached to an aromatic ring is 1. The molecule has 0 aliphatic rings. The van der Waals surface area contributed by atoms with E-state index in [0.29, 0.717) is 34.0 Å². The summed E-state index contributed by atoms with van der Waals surface area (Å²) < 4.78 is 5.39. The molecule has 0 unspecified atom stereocenters. The molecule has 0 amide bonds. The maximum Gasteiger partial charge on any atom is 0.142 e. The van der Waals surface area contributed by atoms with Crippen molar-refractivity contribution in [2.24, 2.45) is 0 Å². The summed E-state index contributed by atoms with van der Waals surface area (Å²) in [5.41, 5.74) is 9.10. The van der Waals surface area contributed by atoms with Gasteiger partial charge in [-0.25, -0.2) is 15.0 Å². The Morgan fingerprint density at radius 3 is 2.50 bits per heavy atom. The summed E-state index contributed by atoms with van der Waals surface area (Å²) >= 11 is 0. The minimum atomic E-state index is 0.163. The van der Waals surface area contributed by atoms with E-state index in [2.05, 4.69) is 21.0 Å². The fourth-order valence-corrected chi connectivity index (χ4v) is 2.44. The molecule has 6 nitrogen and oxygen atoms in total. The van der Waals surface area contributed by atoms with E-state index in [-0.39, 0.29) is 5.82 Å². The van der Waals surface area contributed by atoms with Crippen LogP contribution in [0.2, 0.25) is 0 Å². The molecule has 0 radical (unpaired) electrons. The van der Waals surface area contributed by atoms with Crippen LogP contribution in [-0.2, 0) is 0 Å². The van der Waals surface area contributed by atoms with Crippen molar-refractivity contribution in [3.05, 3.63) is 54.1 Å². The van der Waals surface area contributed by atoms with Gasteiger partial charge in [-0.2, -0.15) is 5.26 Å². The lowest BCUT2D eigenvalue weighted by Crippen LogP contribution is -2.01. The van der Waals surface area contributed by atoms with Gasteiger partial charge in [-0.05, 0) is 25.1 Å². The van der Waals surface area contributed by atoms with Crippen molar-refractivity contribution in [2.45, 2.75) is 6.92 Å². The highest BCUT2D eigenvalue weighted by atomic mass is 16.5. The summed E-state index contributed by atoms with van der Waals surface area (Å²) in [6, 6.07) is 11.4. The molecule has 2 N–H and O–H groups in total. The Labute approximate surface area is 139 Å². The normalized spacial score (nSPS) is 10.2. The number of ether oxygens (including phenoxy) is 1. The molecule has 1 aromatic carbocycles. The zero-order valence-electron chi connectivity index (χ0n) is 13.3. The number of pyridine rings is 1. The first-order chi connectivity index (χ1) is 11.6. The SMILES string of the molecule is COc1ccccc1-c1cc(-c2cnc(C)nc2)c(C#N)c(N)n1. The van der Waals surface area contributed by atoms with Gasteiger partial charge in [0.2, 0.25) is 0 Å². The number of benzene rings is 1. The van der Waals surface area contributed by atoms with Gasteiger partial charge in [-0.3, -0.25) is 0 Å². The predicted molar refractivity (Wildman–Crippen MR) is 91.1 cm³/mol. The summed E-state index contributed by atoms with van der Waals surface area (Å²) in [4.78, 5) is 12.7. The molecule has 6 heteroatoms. The van der Waals surface area contributed by atoms with Gasteiger partial charge in [-0.1, -0.05) is 12.1 Å². The van der Waals surface area contributed by atoms with E-state index in [1.165, 1.54) is 0 Å². The lowest BCUT2D eigenvalue weighted by atomic mass is 10.00. The van der Waals surface area contributed by atoms with Gasteiger partial charge in [0.05, 0.1) is 12.8 Å².